The quantitative estimate of drug-likeness (QED) is 0.900. The van der Waals surface area contributed by atoms with Crippen molar-refractivity contribution in [2.24, 2.45) is 0 Å². The molecule has 2 heterocycles. The second-order valence-corrected chi connectivity index (χ2v) is 6.13. The number of rotatable bonds is 5. The molecule has 1 amide bonds. The third kappa shape index (κ3) is 4.82. The van der Waals surface area contributed by atoms with Crippen LogP contribution in [0.3, 0.4) is 0 Å². The first-order chi connectivity index (χ1) is 11.3. The van der Waals surface area contributed by atoms with Crippen LogP contribution in [0.25, 0.3) is 0 Å². The van der Waals surface area contributed by atoms with E-state index in [1.54, 1.807) is 0 Å². The molecule has 1 atom stereocenters. The third-order valence-electron chi connectivity index (χ3n) is 3.77. The van der Waals surface area contributed by atoms with Gasteiger partial charge in [-0.1, -0.05) is 30.3 Å². The van der Waals surface area contributed by atoms with Gasteiger partial charge in [-0.2, -0.15) is 8.75 Å². The summed E-state index contributed by atoms with van der Waals surface area (Å²) >= 11 is 1.03. The van der Waals surface area contributed by atoms with E-state index in [4.69, 9.17) is 4.74 Å². The average molecular weight is 332 g/mol. The minimum Gasteiger partial charge on any atom is -0.375 e. The summed E-state index contributed by atoms with van der Waals surface area (Å²) in [5.41, 5.74) is 1.66. The maximum Gasteiger partial charge on any atom is 0.272 e. The van der Waals surface area contributed by atoms with Gasteiger partial charge in [0.2, 0.25) is 0 Å². The van der Waals surface area contributed by atoms with E-state index in [9.17, 15) is 4.79 Å². The van der Waals surface area contributed by atoms with Crippen molar-refractivity contribution < 1.29 is 9.53 Å². The molecule has 1 aromatic carbocycles. The van der Waals surface area contributed by atoms with Gasteiger partial charge < -0.3 is 10.1 Å². The number of ether oxygens (including phenoxy) is 1. The fourth-order valence-electron chi connectivity index (χ4n) is 2.64. The second-order valence-electron chi connectivity index (χ2n) is 5.57. The van der Waals surface area contributed by atoms with Crippen LogP contribution in [-0.2, 0) is 11.3 Å². The first-order valence-corrected chi connectivity index (χ1v) is 8.48. The molecule has 1 aromatic heterocycles. The van der Waals surface area contributed by atoms with E-state index in [1.165, 1.54) is 11.8 Å². The molecular formula is C16H20N4O2S. The van der Waals surface area contributed by atoms with Crippen molar-refractivity contribution in [2.75, 3.05) is 26.2 Å². The Morgan fingerprint density at radius 2 is 2.26 bits per heavy atom. The molecule has 1 aliphatic rings. The molecule has 6 nitrogen and oxygen atoms in total. The van der Waals surface area contributed by atoms with Crippen molar-refractivity contribution in [2.45, 2.75) is 19.1 Å². The number of benzene rings is 1. The van der Waals surface area contributed by atoms with Gasteiger partial charge in [-0.05, 0) is 12.0 Å². The van der Waals surface area contributed by atoms with Crippen LogP contribution in [0.1, 0.15) is 22.5 Å². The number of nitrogens with zero attached hydrogens (tertiary/aromatic N) is 3. The van der Waals surface area contributed by atoms with Crippen LogP contribution in [0.2, 0.25) is 0 Å². The van der Waals surface area contributed by atoms with Crippen molar-refractivity contribution in [1.82, 2.24) is 19.0 Å². The lowest BCUT2D eigenvalue weighted by atomic mass is 10.2. The first kappa shape index (κ1) is 16.0. The molecule has 1 unspecified atom stereocenters. The number of hydrogen-bond donors (Lipinski definition) is 1. The Morgan fingerprint density at radius 3 is 3.04 bits per heavy atom. The summed E-state index contributed by atoms with van der Waals surface area (Å²) in [6.45, 7) is 3.94. The molecule has 0 aliphatic carbocycles. The number of nitrogens with one attached hydrogen (secondary N) is 1. The molecule has 0 bridgehead atoms. The summed E-state index contributed by atoms with van der Waals surface area (Å²) in [7, 11) is 0. The first-order valence-electron chi connectivity index (χ1n) is 7.75. The van der Waals surface area contributed by atoms with Crippen LogP contribution in [0.4, 0.5) is 0 Å². The molecule has 0 spiro atoms. The van der Waals surface area contributed by atoms with Gasteiger partial charge in [-0.3, -0.25) is 9.69 Å². The largest absolute Gasteiger partial charge is 0.375 e. The molecule has 0 saturated carbocycles. The van der Waals surface area contributed by atoms with Crippen LogP contribution in [-0.4, -0.2) is 51.9 Å². The third-order valence-corrected chi connectivity index (χ3v) is 4.25. The zero-order valence-corrected chi connectivity index (χ0v) is 13.7. The lowest BCUT2D eigenvalue weighted by Gasteiger charge is -2.23. The standard InChI is InChI=1S/C16H20N4O2S/c21-16(15-10-18-23-19-15)17-9-14-12-20(7-4-8-22-14)11-13-5-2-1-3-6-13/h1-3,5-6,10,14H,4,7-9,11-12H2,(H,17,21). The van der Waals surface area contributed by atoms with E-state index in [0.717, 1.165) is 44.4 Å². The molecule has 1 N–H and O–H groups in total. The summed E-state index contributed by atoms with van der Waals surface area (Å²) in [5, 5.41) is 2.88. The van der Waals surface area contributed by atoms with E-state index >= 15 is 0 Å². The van der Waals surface area contributed by atoms with E-state index in [1.807, 2.05) is 6.07 Å². The van der Waals surface area contributed by atoms with Crippen LogP contribution < -0.4 is 5.32 Å². The molecule has 7 heteroatoms. The van der Waals surface area contributed by atoms with Gasteiger partial charge in [0.1, 0.15) is 0 Å². The van der Waals surface area contributed by atoms with Crippen LogP contribution in [0, 0.1) is 0 Å². The SMILES string of the molecule is O=C(NCC1CN(Cc2ccccc2)CCCO1)c1cnsn1. The molecule has 3 rings (SSSR count). The molecular weight excluding hydrogens is 312 g/mol. The predicted octanol–water partition coefficient (Wildman–Crippen LogP) is 1.56. The topological polar surface area (TPSA) is 67.4 Å². The normalized spacial score (nSPS) is 19.2. The minimum absolute atomic E-state index is 0.00300. The zero-order valence-electron chi connectivity index (χ0n) is 12.9. The maximum atomic E-state index is 11.9. The van der Waals surface area contributed by atoms with Crippen LogP contribution in [0.15, 0.2) is 36.5 Å². The van der Waals surface area contributed by atoms with E-state index in [2.05, 4.69) is 43.2 Å². The molecule has 0 radical (unpaired) electrons. The Hall–Kier alpha value is -1.83. The summed E-state index contributed by atoms with van der Waals surface area (Å²) in [6.07, 6.45) is 2.49. The lowest BCUT2D eigenvalue weighted by molar-refractivity contribution is 0.0510. The smallest absolute Gasteiger partial charge is 0.272 e. The fourth-order valence-corrected chi connectivity index (χ4v) is 3.05. The molecule has 1 aliphatic heterocycles. The van der Waals surface area contributed by atoms with Crippen molar-refractivity contribution >= 4 is 17.6 Å². The highest BCUT2D eigenvalue weighted by atomic mass is 32.1. The average Bonchev–Trinajstić information content (AvgIpc) is 3.02. The number of aromatic nitrogens is 2. The number of carbonyl (C=O) groups is 1. The number of carbonyl (C=O) groups excluding carboxylic acids is 1. The monoisotopic (exact) mass is 332 g/mol. The summed E-state index contributed by atoms with van der Waals surface area (Å²) in [6, 6.07) is 10.4. The highest BCUT2D eigenvalue weighted by molar-refractivity contribution is 6.99. The fraction of sp³-hybridized carbons (Fsp3) is 0.438. The number of hydrogen-bond acceptors (Lipinski definition) is 6. The lowest BCUT2D eigenvalue weighted by Crippen LogP contribution is -2.40. The van der Waals surface area contributed by atoms with Crippen molar-refractivity contribution in [1.29, 1.82) is 0 Å². The van der Waals surface area contributed by atoms with Gasteiger partial charge in [0.25, 0.3) is 5.91 Å². The summed E-state index contributed by atoms with van der Waals surface area (Å²) in [4.78, 5) is 14.3. The van der Waals surface area contributed by atoms with Gasteiger partial charge in [0.05, 0.1) is 24.0 Å². The van der Waals surface area contributed by atoms with Gasteiger partial charge >= 0.3 is 0 Å². The van der Waals surface area contributed by atoms with Crippen molar-refractivity contribution in [3.63, 3.8) is 0 Å². The van der Waals surface area contributed by atoms with Crippen molar-refractivity contribution in [3.05, 3.63) is 47.8 Å². The minimum atomic E-state index is -0.193. The molecule has 122 valence electrons. The highest BCUT2D eigenvalue weighted by Gasteiger charge is 2.20. The Kier molecular flexibility index (Phi) is 5.68. The molecule has 23 heavy (non-hydrogen) atoms. The molecule has 1 fully saturated rings. The summed E-state index contributed by atoms with van der Waals surface area (Å²) < 4.78 is 13.6. The van der Waals surface area contributed by atoms with Crippen LogP contribution >= 0.6 is 11.7 Å². The van der Waals surface area contributed by atoms with Gasteiger partial charge in [0, 0.05) is 32.8 Å². The van der Waals surface area contributed by atoms with E-state index < -0.39 is 0 Å². The van der Waals surface area contributed by atoms with Gasteiger partial charge in [0.15, 0.2) is 5.69 Å². The second kappa shape index (κ2) is 8.14. The van der Waals surface area contributed by atoms with Crippen LogP contribution in [0.5, 0.6) is 0 Å². The number of amides is 1. The Labute approximate surface area is 139 Å². The van der Waals surface area contributed by atoms with E-state index in [0.29, 0.717) is 12.2 Å². The Bertz CT molecular complexity index is 606. The molecule has 1 saturated heterocycles. The van der Waals surface area contributed by atoms with Gasteiger partial charge in [-0.15, -0.1) is 0 Å². The Balaban J connectivity index is 1.52. The van der Waals surface area contributed by atoms with Gasteiger partial charge in [-0.25, -0.2) is 0 Å². The maximum absolute atomic E-state index is 11.9. The highest BCUT2D eigenvalue weighted by Crippen LogP contribution is 2.10. The molecule has 2 aromatic rings. The van der Waals surface area contributed by atoms with Crippen molar-refractivity contribution in [3.8, 4) is 0 Å². The zero-order chi connectivity index (χ0) is 15.9. The predicted molar refractivity (Wildman–Crippen MR) is 88.3 cm³/mol. The summed E-state index contributed by atoms with van der Waals surface area (Å²) in [5.74, 6) is -0.193. The Morgan fingerprint density at radius 1 is 1.39 bits per heavy atom. The van der Waals surface area contributed by atoms with E-state index in [-0.39, 0.29) is 12.0 Å².